The number of hydrogen-bond donors (Lipinski definition) is 3. The molecule has 1 aromatic heterocycles. The second-order valence-corrected chi connectivity index (χ2v) is 8.40. The van der Waals surface area contributed by atoms with Crippen LogP contribution in [0.15, 0.2) is 36.5 Å². The number of benzene rings is 1. The molecule has 1 aliphatic rings. The molecule has 2 aromatic rings. The van der Waals surface area contributed by atoms with Gasteiger partial charge >= 0.3 is 0 Å². The van der Waals surface area contributed by atoms with Gasteiger partial charge in [0.25, 0.3) is 5.91 Å². The van der Waals surface area contributed by atoms with Crippen LogP contribution in [0.2, 0.25) is 5.02 Å². The number of aromatic nitrogens is 1. The van der Waals surface area contributed by atoms with Gasteiger partial charge in [0, 0.05) is 35.7 Å². The number of aliphatic hydroxyl groups is 1. The quantitative estimate of drug-likeness (QED) is 0.671. The van der Waals surface area contributed by atoms with E-state index in [1.807, 2.05) is 6.92 Å². The van der Waals surface area contributed by atoms with Crippen molar-refractivity contribution in [3.63, 3.8) is 0 Å². The molecule has 3 rings (SSSR count). The third kappa shape index (κ3) is 6.02. The van der Waals surface area contributed by atoms with E-state index >= 15 is 0 Å². The Kier molecular flexibility index (Phi) is 6.55. The number of carbonyl (C=O) groups excluding carboxylic acids is 2. The molecule has 0 radical (unpaired) electrons. The number of phenolic OH excluding ortho intramolecular Hbond substituents is 1. The molecule has 0 saturated heterocycles. The topological polar surface area (TPSA) is 99.5 Å². The van der Waals surface area contributed by atoms with Crippen molar-refractivity contribution < 1.29 is 19.8 Å². The summed E-state index contributed by atoms with van der Waals surface area (Å²) in [4.78, 5) is 29.0. The molecule has 1 aliphatic carbocycles. The van der Waals surface area contributed by atoms with Gasteiger partial charge in [0.15, 0.2) is 0 Å². The van der Waals surface area contributed by atoms with Gasteiger partial charge in [0.2, 0.25) is 0 Å². The van der Waals surface area contributed by atoms with Gasteiger partial charge in [0.1, 0.15) is 17.2 Å². The average Bonchev–Trinajstić information content (AvgIpc) is 2.66. The van der Waals surface area contributed by atoms with Gasteiger partial charge in [-0.1, -0.05) is 11.6 Å². The van der Waals surface area contributed by atoms with Crippen molar-refractivity contribution in [2.45, 2.75) is 57.1 Å². The molecular weight excluding hydrogens is 392 g/mol. The van der Waals surface area contributed by atoms with E-state index in [9.17, 15) is 19.8 Å². The monoisotopic (exact) mass is 416 g/mol. The van der Waals surface area contributed by atoms with Crippen molar-refractivity contribution in [3.05, 3.63) is 58.4 Å². The number of halogens is 1. The molecule has 6 nitrogen and oxygen atoms in total. The fourth-order valence-electron chi connectivity index (χ4n) is 3.55. The number of rotatable bonds is 6. The van der Waals surface area contributed by atoms with Crippen LogP contribution in [0.5, 0.6) is 5.75 Å². The SMILES string of the molecule is CC1(O)CCC(NC(=O)c2cc(CC(=O)Cc3cc(Cl)ccc3O)ccn2)CC1. The molecule has 0 bridgehead atoms. The maximum Gasteiger partial charge on any atom is 0.270 e. The number of pyridine rings is 1. The molecule has 1 aromatic carbocycles. The predicted molar refractivity (Wildman–Crippen MR) is 110 cm³/mol. The first-order valence-corrected chi connectivity index (χ1v) is 10.1. The van der Waals surface area contributed by atoms with E-state index < -0.39 is 5.60 Å². The Bertz CT molecular complexity index is 903. The zero-order valence-electron chi connectivity index (χ0n) is 16.3. The van der Waals surface area contributed by atoms with E-state index in [0.717, 1.165) is 12.8 Å². The second kappa shape index (κ2) is 8.93. The summed E-state index contributed by atoms with van der Waals surface area (Å²) >= 11 is 5.92. The lowest BCUT2D eigenvalue weighted by molar-refractivity contribution is -0.117. The fraction of sp³-hybridized carbons (Fsp3) is 0.409. The Morgan fingerprint density at radius 2 is 1.93 bits per heavy atom. The molecule has 1 amide bonds. The number of amides is 1. The van der Waals surface area contributed by atoms with Crippen LogP contribution >= 0.6 is 11.6 Å². The van der Waals surface area contributed by atoms with E-state index in [1.165, 1.54) is 12.3 Å². The number of Topliss-reactive ketones (excluding diaryl/α,β-unsaturated/α-hetero) is 1. The highest BCUT2D eigenvalue weighted by Gasteiger charge is 2.29. The largest absolute Gasteiger partial charge is 0.508 e. The smallest absolute Gasteiger partial charge is 0.270 e. The minimum absolute atomic E-state index is 0.0145. The van der Waals surface area contributed by atoms with Crippen molar-refractivity contribution in [2.75, 3.05) is 0 Å². The van der Waals surface area contributed by atoms with E-state index in [2.05, 4.69) is 10.3 Å². The summed E-state index contributed by atoms with van der Waals surface area (Å²) in [5.74, 6) is -0.350. The van der Waals surface area contributed by atoms with Crippen LogP contribution in [-0.4, -0.2) is 38.5 Å². The number of ketones is 1. The van der Waals surface area contributed by atoms with Gasteiger partial charge in [-0.25, -0.2) is 0 Å². The molecule has 29 heavy (non-hydrogen) atoms. The fourth-order valence-corrected chi connectivity index (χ4v) is 3.74. The lowest BCUT2D eigenvalue weighted by Crippen LogP contribution is -2.42. The van der Waals surface area contributed by atoms with Crippen molar-refractivity contribution in [3.8, 4) is 5.75 Å². The highest BCUT2D eigenvalue weighted by Crippen LogP contribution is 2.27. The van der Waals surface area contributed by atoms with Gasteiger partial charge < -0.3 is 15.5 Å². The maximum atomic E-state index is 12.5. The summed E-state index contributed by atoms with van der Waals surface area (Å²) in [5, 5.41) is 23.3. The summed E-state index contributed by atoms with van der Waals surface area (Å²) in [6.07, 6.45) is 4.44. The van der Waals surface area contributed by atoms with Crippen LogP contribution in [-0.2, 0) is 17.6 Å². The number of nitrogens with one attached hydrogen (secondary N) is 1. The molecular formula is C22H25ClN2O4. The molecule has 154 valence electrons. The molecule has 0 atom stereocenters. The molecule has 0 unspecified atom stereocenters. The molecule has 3 N–H and O–H groups in total. The zero-order chi connectivity index (χ0) is 21.0. The Morgan fingerprint density at radius 3 is 2.66 bits per heavy atom. The predicted octanol–water partition coefficient (Wildman–Crippen LogP) is 3.22. The molecule has 0 aliphatic heterocycles. The van der Waals surface area contributed by atoms with Crippen molar-refractivity contribution in [1.29, 1.82) is 0 Å². The summed E-state index contributed by atoms with van der Waals surface area (Å²) in [6.45, 7) is 1.82. The minimum atomic E-state index is -0.656. The maximum absolute atomic E-state index is 12.5. The first-order chi connectivity index (χ1) is 13.7. The van der Waals surface area contributed by atoms with Gasteiger partial charge in [-0.3, -0.25) is 14.6 Å². The summed E-state index contributed by atoms with van der Waals surface area (Å²) in [5.41, 5.74) is 0.765. The molecule has 1 fully saturated rings. The zero-order valence-corrected chi connectivity index (χ0v) is 17.1. The first-order valence-electron chi connectivity index (χ1n) is 9.69. The van der Waals surface area contributed by atoms with Crippen LogP contribution < -0.4 is 5.32 Å². The minimum Gasteiger partial charge on any atom is -0.508 e. The second-order valence-electron chi connectivity index (χ2n) is 7.96. The van der Waals surface area contributed by atoms with E-state index in [-0.39, 0.29) is 42.0 Å². The highest BCUT2D eigenvalue weighted by molar-refractivity contribution is 6.30. The van der Waals surface area contributed by atoms with E-state index in [4.69, 9.17) is 11.6 Å². The molecule has 1 heterocycles. The summed E-state index contributed by atoms with van der Waals surface area (Å²) < 4.78 is 0. The van der Waals surface area contributed by atoms with E-state index in [0.29, 0.717) is 29.0 Å². The van der Waals surface area contributed by atoms with Gasteiger partial charge in [-0.2, -0.15) is 0 Å². The first kappa shape index (κ1) is 21.3. The Balaban J connectivity index is 1.59. The van der Waals surface area contributed by atoms with Gasteiger partial charge in [0.05, 0.1) is 5.60 Å². The Labute approximate surface area is 174 Å². The molecule has 0 spiro atoms. The van der Waals surface area contributed by atoms with E-state index in [1.54, 1.807) is 24.3 Å². The summed E-state index contributed by atoms with van der Waals surface area (Å²) in [6, 6.07) is 7.92. The van der Waals surface area contributed by atoms with Crippen molar-refractivity contribution in [2.24, 2.45) is 0 Å². The summed E-state index contributed by atoms with van der Waals surface area (Å²) in [7, 11) is 0. The number of phenols is 1. The van der Waals surface area contributed by atoms with Crippen molar-refractivity contribution in [1.82, 2.24) is 10.3 Å². The number of carbonyl (C=O) groups is 2. The molecule has 1 saturated carbocycles. The number of aromatic hydroxyl groups is 1. The van der Waals surface area contributed by atoms with Crippen LogP contribution in [0.25, 0.3) is 0 Å². The van der Waals surface area contributed by atoms with Crippen LogP contribution in [0.4, 0.5) is 0 Å². The lowest BCUT2D eigenvalue weighted by Gasteiger charge is -2.33. The van der Waals surface area contributed by atoms with Gasteiger partial charge in [-0.05, 0) is 68.5 Å². The normalized spacial score (nSPS) is 21.6. The van der Waals surface area contributed by atoms with Crippen LogP contribution in [0.1, 0.15) is 54.2 Å². The number of hydrogen-bond acceptors (Lipinski definition) is 5. The van der Waals surface area contributed by atoms with Gasteiger partial charge in [-0.15, -0.1) is 0 Å². The van der Waals surface area contributed by atoms with Crippen LogP contribution in [0, 0.1) is 0 Å². The Hall–Kier alpha value is -2.44. The molecule has 7 heteroatoms. The standard InChI is InChI=1S/C22H25ClN2O4/c1-22(29)7-4-17(5-8-22)25-21(28)19-11-14(6-9-24-19)10-18(26)13-15-12-16(23)2-3-20(15)27/h2-3,6,9,11-12,17,27,29H,4-5,7-8,10,13H2,1H3,(H,25,28). The average molecular weight is 417 g/mol. The Morgan fingerprint density at radius 1 is 1.21 bits per heavy atom. The van der Waals surface area contributed by atoms with Crippen LogP contribution in [0.3, 0.4) is 0 Å². The third-order valence-electron chi connectivity index (χ3n) is 5.29. The van der Waals surface area contributed by atoms with Crippen molar-refractivity contribution >= 4 is 23.3 Å². The lowest BCUT2D eigenvalue weighted by atomic mass is 9.83. The number of nitrogens with zero attached hydrogens (tertiary/aromatic N) is 1. The third-order valence-corrected chi connectivity index (χ3v) is 5.52. The highest BCUT2D eigenvalue weighted by atomic mass is 35.5.